The molecule has 1 aliphatic carbocycles. The minimum absolute atomic E-state index is 0.354. The van der Waals surface area contributed by atoms with E-state index in [9.17, 15) is 8.42 Å². The van der Waals surface area contributed by atoms with E-state index in [0.29, 0.717) is 12.6 Å². The standard InChI is InChI=1S/C20H28N2O3S/c1-21(18-9-3-2-4-10-18)20-12-6-5-8-17(20)13-14-19-11-7-15-22(19)16-26(23,24)25/h5-6,8,11-14,18H,2-4,7,9-10,15-16H2,1H3,(H,23,24,25). The van der Waals surface area contributed by atoms with Crippen LogP contribution < -0.4 is 4.90 Å². The zero-order chi connectivity index (χ0) is 18.6. The summed E-state index contributed by atoms with van der Waals surface area (Å²) in [5.41, 5.74) is 3.17. The Morgan fingerprint density at radius 1 is 1.19 bits per heavy atom. The van der Waals surface area contributed by atoms with Crippen LogP contribution in [-0.4, -0.2) is 43.4 Å². The van der Waals surface area contributed by atoms with Gasteiger partial charge in [-0.05, 0) is 37.0 Å². The summed E-state index contributed by atoms with van der Waals surface area (Å²) >= 11 is 0. The number of para-hydroxylation sites is 1. The molecular formula is C20H28N2O3S. The van der Waals surface area contributed by atoms with Crippen LogP contribution in [0.3, 0.4) is 0 Å². The van der Waals surface area contributed by atoms with Crippen LogP contribution in [0.25, 0.3) is 6.08 Å². The number of allylic oxidation sites excluding steroid dienone is 1. The Kier molecular flexibility index (Phi) is 6.04. The maximum atomic E-state index is 11.2. The topological polar surface area (TPSA) is 60.9 Å². The van der Waals surface area contributed by atoms with Gasteiger partial charge in [0.1, 0.15) is 5.88 Å². The molecule has 0 unspecified atom stereocenters. The lowest BCUT2D eigenvalue weighted by Crippen LogP contribution is -2.33. The average Bonchev–Trinajstić information content (AvgIpc) is 3.05. The number of benzene rings is 1. The molecule has 0 amide bonds. The second-order valence-corrected chi connectivity index (χ2v) is 8.61. The Morgan fingerprint density at radius 2 is 1.92 bits per heavy atom. The molecule has 142 valence electrons. The van der Waals surface area contributed by atoms with Crippen molar-refractivity contribution in [2.75, 3.05) is 24.4 Å². The van der Waals surface area contributed by atoms with E-state index in [1.807, 2.05) is 24.3 Å². The molecule has 1 heterocycles. The van der Waals surface area contributed by atoms with Crippen LogP contribution in [-0.2, 0) is 10.1 Å². The molecule has 0 radical (unpaired) electrons. The molecular weight excluding hydrogens is 348 g/mol. The van der Waals surface area contributed by atoms with E-state index in [1.54, 1.807) is 4.90 Å². The molecule has 0 spiro atoms. The summed E-state index contributed by atoms with van der Waals surface area (Å²) in [6, 6.07) is 8.91. The van der Waals surface area contributed by atoms with Crippen LogP contribution in [0.2, 0.25) is 0 Å². The molecule has 0 saturated heterocycles. The summed E-state index contributed by atoms with van der Waals surface area (Å²) < 4.78 is 31.5. The Morgan fingerprint density at radius 3 is 2.65 bits per heavy atom. The zero-order valence-electron chi connectivity index (χ0n) is 15.3. The van der Waals surface area contributed by atoms with Crippen molar-refractivity contribution in [3.8, 4) is 0 Å². The number of anilines is 1. The van der Waals surface area contributed by atoms with Crippen LogP contribution in [0, 0.1) is 0 Å². The quantitative estimate of drug-likeness (QED) is 0.763. The van der Waals surface area contributed by atoms with Crippen molar-refractivity contribution in [2.45, 2.75) is 44.6 Å². The number of rotatable bonds is 6. The summed E-state index contributed by atoms with van der Waals surface area (Å²) in [6.07, 6.45) is 13.2. The minimum atomic E-state index is -4.02. The molecule has 5 nitrogen and oxygen atoms in total. The van der Waals surface area contributed by atoms with E-state index in [1.165, 1.54) is 37.8 Å². The van der Waals surface area contributed by atoms with E-state index in [2.05, 4.69) is 30.1 Å². The van der Waals surface area contributed by atoms with Crippen molar-refractivity contribution in [1.82, 2.24) is 4.90 Å². The first kappa shape index (κ1) is 19.0. The van der Waals surface area contributed by atoms with E-state index in [4.69, 9.17) is 4.55 Å². The average molecular weight is 377 g/mol. The van der Waals surface area contributed by atoms with Crippen molar-refractivity contribution >= 4 is 21.9 Å². The number of hydrogen-bond acceptors (Lipinski definition) is 4. The molecule has 3 rings (SSSR count). The van der Waals surface area contributed by atoms with Crippen molar-refractivity contribution in [1.29, 1.82) is 0 Å². The third-order valence-electron chi connectivity index (χ3n) is 5.31. The molecule has 0 atom stereocenters. The van der Waals surface area contributed by atoms with Gasteiger partial charge in [-0.15, -0.1) is 0 Å². The number of hydrogen-bond donors (Lipinski definition) is 1. The van der Waals surface area contributed by atoms with E-state index >= 15 is 0 Å². The molecule has 0 aromatic heterocycles. The zero-order valence-corrected chi connectivity index (χ0v) is 16.2. The second kappa shape index (κ2) is 8.27. The summed E-state index contributed by atoms with van der Waals surface area (Å²) in [6.45, 7) is 0.614. The summed E-state index contributed by atoms with van der Waals surface area (Å²) in [5, 5.41) is 0. The van der Waals surface area contributed by atoms with Gasteiger partial charge in [-0.3, -0.25) is 4.55 Å². The smallest absolute Gasteiger partial charge is 0.283 e. The summed E-state index contributed by atoms with van der Waals surface area (Å²) in [4.78, 5) is 4.08. The van der Waals surface area contributed by atoms with Crippen LogP contribution >= 0.6 is 0 Å². The molecule has 1 aromatic carbocycles. The second-order valence-electron chi connectivity index (χ2n) is 7.19. The molecule has 1 aromatic rings. The first-order chi connectivity index (χ1) is 12.4. The van der Waals surface area contributed by atoms with Gasteiger partial charge in [0.25, 0.3) is 10.1 Å². The maximum absolute atomic E-state index is 11.2. The van der Waals surface area contributed by atoms with Gasteiger partial charge >= 0.3 is 0 Å². The van der Waals surface area contributed by atoms with Crippen molar-refractivity contribution in [2.24, 2.45) is 0 Å². The van der Waals surface area contributed by atoms with Crippen LogP contribution in [0.4, 0.5) is 5.69 Å². The van der Waals surface area contributed by atoms with Crippen molar-refractivity contribution in [3.05, 3.63) is 47.7 Å². The molecule has 1 fully saturated rings. The first-order valence-electron chi connectivity index (χ1n) is 9.34. The van der Waals surface area contributed by atoms with Gasteiger partial charge in [0, 0.05) is 31.0 Å². The molecule has 26 heavy (non-hydrogen) atoms. The van der Waals surface area contributed by atoms with Gasteiger partial charge in [-0.25, -0.2) is 0 Å². The summed E-state index contributed by atoms with van der Waals surface area (Å²) in [5.74, 6) is -0.354. The van der Waals surface area contributed by atoms with E-state index in [-0.39, 0.29) is 5.88 Å². The molecule has 0 bridgehead atoms. The lowest BCUT2D eigenvalue weighted by Gasteiger charge is -2.34. The fraction of sp³-hybridized carbons (Fsp3) is 0.500. The lowest BCUT2D eigenvalue weighted by atomic mass is 9.93. The molecule has 6 heteroatoms. The van der Waals surface area contributed by atoms with Crippen LogP contribution in [0.5, 0.6) is 0 Å². The molecule has 2 aliphatic rings. The first-order valence-corrected chi connectivity index (χ1v) is 11.0. The monoisotopic (exact) mass is 376 g/mol. The van der Waals surface area contributed by atoms with Gasteiger partial charge in [0.2, 0.25) is 0 Å². The lowest BCUT2D eigenvalue weighted by molar-refractivity contribution is 0.402. The van der Waals surface area contributed by atoms with E-state index in [0.717, 1.165) is 17.7 Å². The fourth-order valence-corrected chi connectivity index (χ4v) is 4.60. The van der Waals surface area contributed by atoms with Crippen LogP contribution in [0.1, 0.15) is 44.1 Å². The highest BCUT2D eigenvalue weighted by molar-refractivity contribution is 7.85. The Balaban J connectivity index is 1.76. The normalized spacial score (nSPS) is 19.2. The summed E-state index contributed by atoms with van der Waals surface area (Å²) in [7, 11) is -1.85. The largest absolute Gasteiger partial charge is 0.371 e. The highest BCUT2D eigenvalue weighted by Crippen LogP contribution is 2.29. The highest BCUT2D eigenvalue weighted by Gasteiger charge is 2.20. The minimum Gasteiger partial charge on any atom is -0.371 e. The fourth-order valence-electron chi connectivity index (χ4n) is 3.93. The Labute approximate surface area is 156 Å². The Bertz CT molecular complexity index is 780. The van der Waals surface area contributed by atoms with Gasteiger partial charge in [0.15, 0.2) is 0 Å². The van der Waals surface area contributed by atoms with Gasteiger partial charge in [-0.2, -0.15) is 8.42 Å². The molecule has 1 N–H and O–H groups in total. The van der Waals surface area contributed by atoms with E-state index < -0.39 is 10.1 Å². The van der Waals surface area contributed by atoms with Crippen LogP contribution in [0.15, 0.2) is 42.1 Å². The molecule has 1 aliphatic heterocycles. The van der Waals surface area contributed by atoms with Gasteiger partial charge in [0.05, 0.1) is 0 Å². The Hall–Kier alpha value is -1.79. The number of nitrogens with zero attached hydrogens (tertiary/aromatic N) is 2. The molecule has 1 saturated carbocycles. The predicted octanol–water partition coefficient (Wildman–Crippen LogP) is 3.90. The van der Waals surface area contributed by atoms with Crippen molar-refractivity contribution < 1.29 is 13.0 Å². The SMILES string of the molecule is CN(c1ccccc1C=CC1=CCCN1CS(=O)(=O)O)C1CCCCC1. The third kappa shape index (κ3) is 4.89. The van der Waals surface area contributed by atoms with Crippen molar-refractivity contribution in [3.63, 3.8) is 0 Å². The highest BCUT2D eigenvalue weighted by atomic mass is 32.2. The third-order valence-corrected chi connectivity index (χ3v) is 5.95. The predicted molar refractivity (Wildman–Crippen MR) is 107 cm³/mol. The van der Waals surface area contributed by atoms with Gasteiger partial charge < -0.3 is 9.80 Å². The maximum Gasteiger partial charge on any atom is 0.283 e. The van der Waals surface area contributed by atoms with Gasteiger partial charge in [-0.1, -0.05) is 49.6 Å².